The SMILES string of the molecule is COc1ccc(C=C2OC(=O)c3c2cc(C)[nH]c3=S)cc1. The summed E-state index contributed by atoms with van der Waals surface area (Å²) in [4.78, 5) is 14.9. The van der Waals surface area contributed by atoms with Gasteiger partial charge in [-0.15, -0.1) is 0 Å². The lowest BCUT2D eigenvalue weighted by Crippen LogP contribution is -1.97. The molecule has 0 radical (unpaired) electrons. The van der Waals surface area contributed by atoms with Crippen molar-refractivity contribution in [2.24, 2.45) is 0 Å². The molecule has 0 amide bonds. The molecule has 0 atom stereocenters. The van der Waals surface area contributed by atoms with E-state index < -0.39 is 5.97 Å². The molecule has 1 aliphatic heterocycles. The number of aromatic amines is 1. The van der Waals surface area contributed by atoms with Gasteiger partial charge in [0.25, 0.3) is 0 Å². The van der Waals surface area contributed by atoms with Gasteiger partial charge < -0.3 is 14.5 Å². The second-order valence-corrected chi connectivity index (χ2v) is 5.15. The Hall–Kier alpha value is -2.40. The summed E-state index contributed by atoms with van der Waals surface area (Å²) >= 11 is 5.19. The number of nitrogens with one attached hydrogen (secondary N) is 1. The molecule has 106 valence electrons. The Labute approximate surface area is 127 Å². The lowest BCUT2D eigenvalue weighted by atomic mass is 10.1. The van der Waals surface area contributed by atoms with Gasteiger partial charge in [0, 0.05) is 11.3 Å². The van der Waals surface area contributed by atoms with E-state index in [0.29, 0.717) is 16.0 Å². The van der Waals surface area contributed by atoms with Crippen LogP contribution < -0.4 is 4.74 Å². The molecule has 0 saturated heterocycles. The van der Waals surface area contributed by atoms with E-state index in [1.165, 1.54) is 0 Å². The third-order valence-electron chi connectivity index (χ3n) is 3.25. The molecular formula is C16H13NO3S. The number of methoxy groups -OCH3 is 1. The van der Waals surface area contributed by atoms with Crippen LogP contribution in [0.3, 0.4) is 0 Å². The molecular weight excluding hydrogens is 286 g/mol. The second-order valence-electron chi connectivity index (χ2n) is 4.74. The zero-order valence-electron chi connectivity index (χ0n) is 11.6. The van der Waals surface area contributed by atoms with Crippen LogP contribution in [0.15, 0.2) is 30.3 Å². The van der Waals surface area contributed by atoms with E-state index in [2.05, 4.69) is 4.98 Å². The van der Waals surface area contributed by atoms with Crippen LogP contribution in [0.25, 0.3) is 11.8 Å². The van der Waals surface area contributed by atoms with E-state index in [1.54, 1.807) is 7.11 Å². The topological polar surface area (TPSA) is 51.3 Å². The van der Waals surface area contributed by atoms with Gasteiger partial charge in [-0.05, 0) is 36.8 Å². The summed E-state index contributed by atoms with van der Waals surface area (Å²) in [6, 6.07) is 9.37. The van der Waals surface area contributed by atoms with Crippen LogP contribution in [0.5, 0.6) is 5.75 Å². The molecule has 1 aliphatic rings. The predicted molar refractivity (Wildman–Crippen MR) is 82.6 cm³/mol. The van der Waals surface area contributed by atoms with Gasteiger partial charge in [-0.3, -0.25) is 0 Å². The number of benzene rings is 1. The normalized spacial score (nSPS) is 15.0. The van der Waals surface area contributed by atoms with Crippen molar-refractivity contribution in [1.82, 2.24) is 4.98 Å². The van der Waals surface area contributed by atoms with E-state index in [9.17, 15) is 4.79 Å². The van der Waals surface area contributed by atoms with Gasteiger partial charge in [-0.2, -0.15) is 0 Å². The van der Waals surface area contributed by atoms with Crippen molar-refractivity contribution in [3.8, 4) is 5.75 Å². The van der Waals surface area contributed by atoms with Crippen LogP contribution in [-0.2, 0) is 4.74 Å². The van der Waals surface area contributed by atoms with Gasteiger partial charge in [-0.1, -0.05) is 24.4 Å². The number of esters is 1. The highest BCUT2D eigenvalue weighted by Crippen LogP contribution is 2.32. The van der Waals surface area contributed by atoms with E-state index in [4.69, 9.17) is 21.7 Å². The highest BCUT2D eigenvalue weighted by atomic mass is 32.1. The standard InChI is InChI=1S/C16H13NO3S/c1-9-7-12-13(20-16(18)14(12)15(21)17-9)8-10-3-5-11(19-2)6-4-10/h3-8H,1-2H3,(H,17,21). The Balaban J connectivity index is 2.08. The molecule has 4 nitrogen and oxygen atoms in total. The molecule has 2 aromatic rings. The molecule has 3 rings (SSSR count). The van der Waals surface area contributed by atoms with Crippen molar-refractivity contribution < 1.29 is 14.3 Å². The maximum absolute atomic E-state index is 11.9. The quantitative estimate of drug-likeness (QED) is 0.678. The molecule has 0 spiro atoms. The molecule has 21 heavy (non-hydrogen) atoms. The fourth-order valence-corrected chi connectivity index (χ4v) is 2.60. The molecule has 2 heterocycles. The number of hydrogen-bond acceptors (Lipinski definition) is 4. The van der Waals surface area contributed by atoms with Crippen LogP contribution in [0, 0.1) is 11.6 Å². The van der Waals surface area contributed by atoms with E-state index in [-0.39, 0.29) is 0 Å². The van der Waals surface area contributed by atoms with E-state index in [1.807, 2.05) is 43.3 Å². The number of carbonyl (C=O) groups is 1. The van der Waals surface area contributed by atoms with Crippen molar-refractivity contribution in [2.75, 3.05) is 7.11 Å². The van der Waals surface area contributed by atoms with E-state index in [0.717, 1.165) is 22.6 Å². The number of rotatable bonds is 2. The fourth-order valence-electron chi connectivity index (χ4n) is 2.25. The zero-order chi connectivity index (χ0) is 15.0. The third-order valence-corrected chi connectivity index (χ3v) is 3.56. The molecule has 1 aromatic heterocycles. The average molecular weight is 299 g/mol. The second kappa shape index (κ2) is 5.18. The maximum atomic E-state index is 11.9. The molecule has 1 aromatic carbocycles. The molecule has 1 N–H and O–H groups in total. The van der Waals surface area contributed by atoms with Crippen LogP contribution in [-0.4, -0.2) is 18.1 Å². The summed E-state index contributed by atoms with van der Waals surface area (Å²) in [6.45, 7) is 1.89. The first-order valence-electron chi connectivity index (χ1n) is 6.40. The van der Waals surface area contributed by atoms with Gasteiger partial charge in [0.2, 0.25) is 0 Å². The Kier molecular flexibility index (Phi) is 3.35. The number of pyridine rings is 1. The van der Waals surface area contributed by atoms with Crippen LogP contribution in [0.4, 0.5) is 0 Å². The van der Waals surface area contributed by atoms with Crippen molar-refractivity contribution >= 4 is 30.0 Å². The minimum atomic E-state index is -0.411. The summed E-state index contributed by atoms with van der Waals surface area (Å²) in [6.07, 6.45) is 1.82. The molecule has 0 saturated carbocycles. The van der Waals surface area contributed by atoms with Gasteiger partial charge in [0.1, 0.15) is 21.7 Å². The van der Waals surface area contributed by atoms with Gasteiger partial charge >= 0.3 is 5.97 Å². The highest BCUT2D eigenvalue weighted by molar-refractivity contribution is 7.71. The number of fused-ring (bicyclic) bond motifs is 1. The number of hydrogen-bond donors (Lipinski definition) is 1. The summed E-state index contributed by atoms with van der Waals surface area (Å²) in [5, 5.41) is 0. The smallest absolute Gasteiger partial charge is 0.347 e. The van der Waals surface area contributed by atoms with Crippen molar-refractivity contribution in [3.63, 3.8) is 0 Å². The number of ether oxygens (including phenoxy) is 2. The molecule has 0 fully saturated rings. The van der Waals surface area contributed by atoms with Crippen molar-refractivity contribution in [3.05, 3.63) is 57.4 Å². The maximum Gasteiger partial charge on any atom is 0.347 e. The minimum Gasteiger partial charge on any atom is -0.497 e. The van der Waals surface area contributed by atoms with Crippen molar-refractivity contribution in [1.29, 1.82) is 0 Å². The third kappa shape index (κ3) is 2.48. The molecule has 0 aliphatic carbocycles. The van der Waals surface area contributed by atoms with Crippen LogP contribution in [0.1, 0.15) is 27.2 Å². The van der Waals surface area contributed by atoms with Gasteiger partial charge in [-0.25, -0.2) is 4.79 Å². The summed E-state index contributed by atoms with van der Waals surface area (Å²) in [5.41, 5.74) is 2.97. The summed E-state index contributed by atoms with van der Waals surface area (Å²) in [5.74, 6) is 0.883. The highest BCUT2D eigenvalue weighted by Gasteiger charge is 2.28. The lowest BCUT2D eigenvalue weighted by Gasteiger charge is -2.02. The van der Waals surface area contributed by atoms with Gasteiger partial charge in [0.15, 0.2) is 0 Å². The fraction of sp³-hybridized carbons (Fsp3) is 0.125. The van der Waals surface area contributed by atoms with Crippen LogP contribution >= 0.6 is 12.2 Å². The van der Waals surface area contributed by atoms with Crippen molar-refractivity contribution in [2.45, 2.75) is 6.92 Å². The Morgan fingerprint density at radius 3 is 2.67 bits per heavy atom. The predicted octanol–water partition coefficient (Wildman–Crippen LogP) is 3.73. The monoisotopic (exact) mass is 299 g/mol. The number of carbonyl (C=O) groups excluding carboxylic acids is 1. The average Bonchev–Trinajstić information content (AvgIpc) is 2.76. The zero-order valence-corrected chi connectivity index (χ0v) is 12.4. The number of cyclic esters (lactones) is 1. The number of aromatic nitrogens is 1. The number of aryl methyl sites for hydroxylation is 1. The first-order valence-corrected chi connectivity index (χ1v) is 6.81. The first kappa shape index (κ1) is 13.6. The number of H-pyrrole nitrogens is 1. The largest absolute Gasteiger partial charge is 0.497 e. The molecule has 0 unspecified atom stereocenters. The summed E-state index contributed by atoms with van der Waals surface area (Å²) < 4.78 is 10.9. The Morgan fingerprint density at radius 2 is 2.00 bits per heavy atom. The van der Waals surface area contributed by atoms with Gasteiger partial charge in [0.05, 0.1) is 7.11 Å². The Bertz CT molecular complexity index is 803. The minimum absolute atomic E-state index is 0.410. The molecule has 0 bridgehead atoms. The Morgan fingerprint density at radius 1 is 1.29 bits per heavy atom. The van der Waals surface area contributed by atoms with Crippen LogP contribution in [0.2, 0.25) is 0 Å². The lowest BCUT2D eigenvalue weighted by molar-refractivity contribution is 0.0716. The summed E-state index contributed by atoms with van der Waals surface area (Å²) in [7, 11) is 1.62. The molecule has 5 heteroatoms. The van der Waals surface area contributed by atoms with E-state index >= 15 is 0 Å². The first-order chi connectivity index (χ1) is 10.1.